The van der Waals surface area contributed by atoms with E-state index in [2.05, 4.69) is 41.9 Å². The minimum Gasteiger partial charge on any atom is -0.397 e. The van der Waals surface area contributed by atoms with Gasteiger partial charge < -0.3 is 10.6 Å². The Bertz CT molecular complexity index is 501. The summed E-state index contributed by atoms with van der Waals surface area (Å²) in [6, 6.07) is 4.07. The molecular formula is C13H20N4. The molecule has 0 spiro atoms. The first-order chi connectivity index (χ1) is 8.11. The molecule has 1 aromatic carbocycles. The standard InChI is InChI=1S/C13H20N4/c1-4-17(8-9(2)3)13-6-12-10(5-11(13)14)7-15-16-12/h5-7,9H,4,8,14H2,1-3H3,(H,15,16). The van der Waals surface area contributed by atoms with Crippen LogP contribution in [-0.2, 0) is 0 Å². The van der Waals surface area contributed by atoms with Crippen LogP contribution in [0.3, 0.4) is 0 Å². The quantitative estimate of drug-likeness (QED) is 0.797. The lowest BCUT2D eigenvalue weighted by molar-refractivity contribution is 0.619. The number of aromatic nitrogens is 2. The Labute approximate surface area is 102 Å². The number of nitrogen functional groups attached to an aromatic ring is 1. The smallest absolute Gasteiger partial charge is 0.0672 e. The second-order valence-corrected chi connectivity index (χ2v) is 4.80. The average Bonchev–Trinajstić information content (AvgIpc) is 2.71. The topological polar surface area (TPSA) is 57.9 Å². The van der Waals surface area contributed by atoms with Gasteiger partial charge in [-0.3, -0.25) is 5.10 Å². The van der Waals surface area contributed by atoms with Crippen LogP contribution in [0.1, 0.15) is 20.8 Å². The molecule has 0 fully saturated rings. The average molecular weight is 232 g/mol. The van der Waals surface area contributed by atoms with E-state index in [0.717, 1.165) is 35.4 Å². The Morgan fingerprint density at radius 2 is 2.18 bits per heavy atom. The molecule has 4 heteroatoms. The van der Waals surface area contributed by atoms with Gasteiger partial charge >= 0.3 is 0 Å². The maximum Gasteiger partial charge on any atom is 0.0672 e. The molecule has 92 valence electrons. The van der Waals surface area contributed by atoms with Gasteiger partial charge in [-0.15, -0.1) is 0 Å². The first-order valence-electron chi connectivity index (χ1n) is 6.09. The Kier molecular flexibility index (Phi) is 3.22. The maximum atomic E-state index is 6.11. The second-order valence-electron chi connectivity index (χ2n) is 4.80. The highest BCUT2D eigenvalue weighted by molar-refractivity contribution is 5.88. The van der Waals surface area contributed by atoms with Crippen LogP contribution >= 0.6 is 0 Å². The minimum atomic E-state index is 0.617. The van der Waals surface area contributed by atoms with Crippen molar-refractivity contribution in [3.8, 4) is 0 Å². The van der Waals surface area contributed by atoms with E-state index < -0.39 is 0 Å². The molecule has 0 radical (unpaired) electrons. The number of rotatable bonds is 4. The Morgan fingerprint density at radius 3 is 2.82 bits per heavy atom. The van der Waals surface area contributed by atoms with Gasteiger partial charge in [0.1, 0.15) is 0 Å². The van der Waals surface area contributed by atoms with Crippen LogP contribution in [0.4, 0.5) is 11.4 Å². The number of aromatic amines is 1. The van der Waals surface area contributed by atoms with Crippen LogP contribution in [0.5, 0.6) is 0 Å². The lowest BCUT2D eigenvalue weighted by atomic mass is 10.1. The van der Waals surface area contributed by atoms with Crippen molar-refractivity contribution in [3.63, 3.8) is 0 Å². The molecule has 2 rings (SSSR count). The molecule has 0 amide bonds. The third-order valence-corrected chi connectivity index (χ3v) is 2.90. The number of hydrogen-bond donors (Lipinski definition) is 2. The molecule has 1 aromatic heterocycles. The third-order valence-electron chi connectivity index (χ3n) is 2.90. The molecule has 0 bridgehead atoms. The molecular weight excluding hydrogens is 212 g/mol. The van der Waals surface area contributed by atoms with E-state index in [1.165, 1.54) is 0 Å². The van der Waals surface area contributed by atoms with Gasteiger partial charge in [0.15, 0.2) is 0 Å². The number of H-pyrrole nitrogens is 1. The summed E-state index contributed by atoms with van der Waals surface area (Å²) in [6.45, 7) is 8.56. The number of nitrogens with two attached hydrogens (primary N) is 1. The molecule has 0 saturated heterocycles. The first-order valence-corrected chi connectivity index (χ1v) is 6.09. The van der Waals surface area contributed by atoms with Crippen molar-refractivity contribution >= 4 is 22.3 Å². The predicted octanol–water partition coefficient (Wildman–Crippen LogP) is 2.63. The monoisotopic (exact) mass is 232 g/mol. The third kappa shape index (κ3) is 2.35. The number of nitrogens with zero attached hydrogens (tertiary/aromatic N) is 2. The zero-order valence-corrected chi connectivity index (χ0v) is 10.7. The van der Waals surface area contributed by atoms with E-state index in [-0.39, 0.29) is 0 Å². The number of benzene rings is 1. The molecule has 1 heterocycles. The normalized spacial score (nSPS) is 11.3. The highest BCUT2D eigenvalue weighted by Crippen LogP contribution is 2.28. The van der Waals surface area contributed by atoms with E-state index in [4.69, 9.17) is 5.73 Å². The summed E-state index contributed by atoms with van der Waals surface area (Å²) >= 11 is 0. The van der Waals surface area contributed by atoms with Crippen LogP contribution in [0, 0.1) is 5.92 Å². The molecule has 0 saturated carbocycles. The molecule has 0 atom stereocenters. The van der Waals surface area contributed by atoms with Gasteiger partial charge in [0.2, 0.25) is 0 Å². The summed E-state index contributed by atoms with van der Waals surface area (Å²) in [7, 11) is 0. The van der Waals surface area contributed by atoms with E-state index in [9.17, 15) is 0 Å². The Hall–Kier alpha value is -1.71. The summed E-state index contributed by atoms with van der Waals surface area (Å²) in [5.41, 5.74) is 9.07. The number of fused-ring (bicyclic) bond motifs is 1. The van der Waals surface area contributed by atoms with Gasteiger partial charge in [-0.25, -0.2) is 0 Å². The van der Waals surface area contributed by atoms with Crippen molar-refractivity contribution in [1.29, 1.82) is 0 Å². The molecule has 17 heavy (non-hydrogen) atoms. The molecule has 0 aliphatic heterocycles. The minimum absolute atomic E-state index is 0.617. The number of hydrogen-bond acceptors (Lipinski definition) is 3. The van der Waals surface area contributed by atoms with Crippen LogP contribution in [-0.4, -0.2) is 23.3 Å². The summed E-state index contributed by atoms with van der Waals surface area (Å²) in [6.07, 6.45) is 1.80. The molecule has 0 aliphatic rings. The van der Waals surface area contributed by atoms with E-state index in [1.807, 2.05) is 6.07 Å². The highest BCUT2D eigenvalue weighted by Gasteiger charge is 2.11. The van der Waals surface area contributed by atoms with Gasteiger partial charge in [0.05, 0.1) is 23.1 Å². The SMILES string of the molecule is CCN(CC(C)C)c1cc2[nH]ncc2cc1N. The summed E-state index contributed by atoms with van der Waals surface area (Å²) < 4.78 is 0. The van der Waals surface area contributed by atoms with E-state index in [1.54, 1.807) is 6.20 Å². The van der Waals surface area contributed by atoms with Crippen LogP contribution in [0.2, 0.25) is 0 Å². The van der Waals surface area contributed by atoms with E-state index >= 15 is 0 Å². The molecule has 4 nitrogen and oxygen atoms in total. The van der Waals surface area contributed by atoms with E-state index in [0.29, 0.717) is 5.92 Å². The van der Waals surface area contributed by atoms with Crippen molar-refractivity contribution < 1.29 is 0 Å². The molecule has 0 aliphatic carbocycles. The maximum absolute atomic E-state index is 6.11. The summed E-state index contributed by atoms with van der Waals surface area (Å²) in [5.74, 6) is 0.617. The summed E-state index contributed by atoms with van der Waals surface area (Å²) in [4.78, 5) is 2.31. The second kappa shape index (κ2) is 4.65. The van der Waals surface area contributed by atoms with Gasteiger partial charge in [0.25, 0.3) is 0 Å². The van der Waals surface area contributed by atoms with Gasteiger partial charge in [-0.1, -0.05) is 13.8 Å². The van der Waals surface area contributed by atoms with Crippen LogP contribution < -0.4 is 10.6 Å². The van der Waals surface area contributed by atoms with Crippen molar-refractivity contribution in [1.82, 2.24) is 10.2 Å². The van der Waals surface area contributed by atoms with Crippen molar-refractivity contribution in [2.75, 3.05) is 23.7 Å². The number of anilines is 2. The zero-order chi connectivity index (χ0) is 12.4. The van der Waals surface area contributed by atoms with Gasteiger partial charge in [-0.2, -0.15) is 5.10 Å². The fourth-order valence-electron chi connectivity index (χ4n) is 2.11. The molecule has 3 N–H and O–H groups in total. The molecule has 0 unspecified atom stereocenters. The van der Waals surface area contributed by atoms with Crippen LogP contribution in [0.15, 0.2) is 18.3 Å². The van der Waals surface area contributed by atoms with Crippen LogP contribution in [0.25, 0.3) is 10.9 Å². The van der Waals surface area contributed by atoms with Gasteiger partial charge in [0, 0.05) is 18.5 Å². The Morgan fingerprint density at radius 1 is 1.41 bits per heavy atom. The summed E-state index contributed by atoms with van der Waals surface area (Å²) in [5, 5.41) is 8.08. The lowest BCUT2D eigenvalue weighted by Crippen LogP contribution is -2.27. The predicted molar refractivity (Wildman–Crippen MR) is 73.2 cm³/mol. The lowest BCUT2D eigenvalue weighted by Gasteiger charge is -2.26. The zero-order valence-electron chi connectivity index (χ0n) is 10.7. The highest BCUT2D eigenvalue weighted by atomic mass is 15.1. The van der Waals surface area contributed by atoms with Crippen molar-refractivity contribution in [2.45, 2.75) is 20.8 Å². The van der Waals surface area contributed by atoms with Crippen molar-refractivity contribution in [3.05, 3.63) is 18.3 Å². The Balaban J connectivity index is 2.41. The fourth-order valence-corrected chi connectivity index (χ4v) is 2.11. The first kappa shape index (κ1) is 11.8. The molecule has 2 aromatic rings. The largest absolute Gasteiger partial charge is 0.397 e. The van der Waals surface area contributed by atoms with Gasteiger partial charge in [-0.05, 0) is 25.0 Å². The number of nitrogens with one attached hydrogen (secondary N) is 1. The fraction of sp³-hybridized carbons (Fsp3) is 0.462. The van der Waals surface area contributed by atoms with Crippen molar-refractivity contribution in [2.24, 2.45) is 5.92 Å².